The fourth-order valence-electron chi connectivity index (χ4n) is 4.82. The van der Waals surface area contributed by atoms with Crippen LogP contribution in [0, 0.1) is 17.2 Å². The predicted molar refractivity (Wildman–Crippen MR) is 127 cm³/mol. The lowest BCUT2D eigenvalue weighted by atomic mass is 9.90. The molecule has 182 valence electrons. The Labute approximate surface area is 202 Å². The van der Waals surface area contributed by atoms with Gasteiger partial charge in [0.15, 0.2) is 0 Å². The van der Waals surface area contributed by atoms with Crippen molar-refractivity contribution >= 4 is 23.3 Å². The molecule has 1 aromatic heterocycles. The molecule has 2 aromatic carbocycles. The number of ether oxygens (including phenoxy) is 1. The number of amides is 1. The molecule has 8 nitrogen and oxygen atoms in total. The van der Waals surface area contributed by atoms with E-state index in [0.717, 1.165) is 43.6 Å². The smallest absolute Gasteiger partial charge is 0.313 e. The lowest BCUT2D eigenvalue weighted by Crippen LogP contribution is -2.35. The molecule has 5 rings (SSSR count). The van der Waals surface area contributed by atoms with Gasteiger partial charge in [-0.1, -0.05) is 12.1 Å². The van der Waals surface area contributed by atoms with E-state index in [-0.39, 0.29) is 34.9 Å². The van der Waals surface area contributed by atoms with Crippen LogP contribution in [0.15, 0.2) is 52.9 Å². The monoisotopic (exact) mass is 478 g/mol. The molecule has 1 N–H and O–H groups in total. The molecule has 1 atom stereocenters. The second-order valence-corrected chi connectivity index (χ2v) is 9.16. The first-order valence-electron chi connectivity index (χ1n) is 11.9. The molecule has 1 saturated carbocycles. The van der Waals surface area contributed by atoms with Gasteiger partial charge in [0.1, 0.15) is 5.82 Å². The van der Waals surface area contributed by atoms with Crippen LogP contribution in [0.1, 0.15) is 48.3 Å². The number of halogens is 1. The quantitative estimate of drug-likeness (QED) is 0.508. The normalized spacial score (nSPS) is 18.3. The van der Waals surface area contributed by atoms with Crippen molar-refractivity contribution in [1.82, 2.24) is 10.2 Å². The van der Waals surface area contributed by atoms with Gasteiger partial charge in [-0.15, -0.1) is 10.2 Å². The van der Waals surface area contributed by atoms with Gasteiger partial charge in [-0.25, -0.2) is 4.39 Å². The van der Waals surface area contributed by atoms with Crippen molar-refractivity contribution in [2.75, 3.05) is 29.9 Å². The number of piperidine rings is 1. The molecule has 1 amide bonds. The fraction of sp³-hybridized carbons (Fsp3) is 0.385. The van der Waals surface area contributed by atoms with Crippen molar-refractivity contribution < 1.29 is 23.1 Å². The van der Waals surface area contributed by atoms with Crippen molar-refractivity contribution in [2.24, 2.45) is 11.3 Å². The molecular weight excluding hydrogens is 451 g/mol. The van der Waals surface area contributed by atoms with Gasteiger partial charge in [-0.3, -0.25) is 9.59 Å². The molecule has 1 aliphatic carbocycles. The van der Waals surface area contributed by atoms with Crippen molar-refractivity contribution in [2.45, 2.75) is 32.6 Å². The Balaban J connectivity index is 1.13. The first kappa shape index (κ1) is 23.0. The van der Waals surface area contributed by atoms with E-state index in [4.69, 9.17) is 9.15 Å². The van der Waals surface area contributed by atoms with E-state index in [1.807, 2.05) is 31.2 Å². The summed E-state index contributed by atoms with van der Waals surface area (Å²) in [4.78, 5) is 26.9. The first-order valence-corrected chi connectivity index (χ1v) is 11.9. The summed E-state index contributed by atoms with van der Waals surface area (Å²) < 4.78 is 23.7. The van der Waals surface area contributed by atoms with Crippen molar-refractivity contribution in [3.05, 3.63) is 71.7 Å². The third kappa shape index (κ3) is 5.03. The van der Waals surface area contributed by atoms with Crippen molar-refractivity contribution in [3.8, 4) is 0 Å². The summed E-state index contributed by atoms with van der Waals surface area (Å²) in [5, 5.41) is 10.5. The van der Waals surface area contributed by atoms with Gasteiger partial charge in [-0.2, -0.15) is 0 Å². The number of carbonyl (C=O) groups excluding carboxylic acids is 2. The summed E-state index contributed by atoms with van der Waals surface area (Å²) in [7, 11) is 0. The van der Waals surface area contributed by atoms with Gasteiger partial charge in [0.2, 0.25) is 5.89 Å². The minimum absolute atomic E-state index is 0.0510. The van der Waals surface area contributed by atoms with Crippen LogP contribution in [-0.2, 0) is 16.0 Å². The highest BCUT2D eigenvalue weighted by Crippen LogP contribution is 2.60. The number of carbonyl (C=O) groups is 2. The molecule has 2 fully saturated rings. The Morgan fingerprint density at radius 2 is 1.83 bits per heavy atom. The average molecular weight is 479 g/mol. The van der Waals surface area contributed by atoms with E-state index in [1.165, 1.54) is 12.1 Å². The van der Waals surface area contributed by atoms with Gasteiger partial charge in [0.25, 0.3) is 0 Å². The molecule has 35 heavy (non-hydrogen) atoms. The third-order valence-corrected chi connectivity index (χ3v) is 6.94. The van der Waals surface area contributed by atoms with Gasteiger partial charge in [0, 0.05) is 24.5 Å². The highest BCUT2D eigenvalue weighted by molar-refractivity contribution is 6.00. The van der Waals surface area contributed by atoms with E-state index in [0.29, 0.717) is 18.7 Å². The van der Waals surface area contributed by atoms with E-state index in [2.05, 4.69) is 20.4 Å². The van der Waals surface area contributed by atoms with E-state index in [1.54, 1.807) is 12.1 Å². The second-order valence-electron chi connectivity index (χ2n) is 9.16. The number of rotatable bonds is 7. The Morgan fingerprint density at radius 1 is 1.11 bits per heavy atom. The van der Waals surface area contributed by atoms with Crippen LogP contribution in [0.25, 0.3) is 0 Å². The third-order valence-electron chi connectivity index (χ3n) is 6.94. The number of benzene rings is 2. The fourth-order valence-corrected chi connectivity index (χ4v) is 4.82. The molecule has 9 heteroatoms. The zero-order chi connectivity index (χ0) is 24.4. The van der Waals surface area contributed by atoms with Crippen LogP contribution in [0.5, 0.6) is 0 Å². The Kier molecular flexibility index (Phi) is 6.23. The minimum atomic E-state index is -0.491. The maximum Gasteiger partial charge on any atom is 0.313 e. The van der Waals surface area contributed by atoms with Crippen molar-refractivity contribution in [3.63, 3.8) is 0 Å². The van der Waals surface area contributed by atoms with E-state index >= 15 is 0 Å². The Hall–Kier alpha value is -3.75. The Morgan fingerprint density at radius 3 is 2.51 bits per heavy atom. The lowest BCUT2D eigenvalue weighted by molar-refractivity contribution is -0.145. The standard InChI is InChI=1S/C26H27FN4O4/c1-2-34-25(33)21-16-26(21)11-13-31(14-12-26)20-9-7-19(8-10-20)28-23(32)24-30-29-22(35-24)15-17-3-5-18(27)6-4-17/h3-10,21H,2,11-16H2,1H3,(H,28,32). The topological polar surface area (TPSA) is 97.6 Å². The largest absolute Gasteiger partial charge is 0.466 e. The van der Waals surface area contributed by atoms with Gasteiger partial charge in [-0.05, 0) is 73.6 Å². The number of anilines is 2. The Bertz CT molecular complexity index is 1200. The zero-order valence-electron chi connectivity index (χ0n) is 19.5. The summed E-state index contributed by atoms with van der Waals surface area (Å²) in [5.41, 5.74) is 2.62. The molecular formula is C26H27FN4O4. The van der Waals surface area contributed by atoms with Crippen LogP contribution < -0.4 is 10.2 Å². The first-order chi connectivity index (χ1) is 17.0. The molecule has 0 bridgehead atoms. The number of aromatic nitrogens is 2. The molecule has 0 radical (unpaired) electrons. The van der Waals surface area contributed by atoms with Gasteiger partial charge < -0.3 is 19.4 Å². The molecule has 1 aliphatic heterocycles. The second kappa shape index (κ2) is 9.48. The highest BCUT2D eigenvalue weighted by Gasteiger charge is 2.59. The lowest BCUT2D eigenvalue weighted by Gasteiger charge is -2.34. The molecule has 3 aromatic rings. The molecule has 2 heterocycles. The van der Waals surface area contributed by atoms with E-state index < -0.39 is 5.91 Å². The zero-order valence-corrected chi connectivity index (χ0v) is 19.5. The summed E-state index contributed by atoms with van der Waals surface area (Å²) >= 11 is 0. The predicted octanol–water partition coefficient (Wildman–Crippen LogP) is 4.22. The minimum Gasteiger partial charge on any atom is -0.466 e. The molecule has 1 saturated heterocycles. The summed E-state index contributed by atoms with van der Waals surface area (Å²) in [6.45, 7) is 4.06. The van der Waals surface area contributed by atoms with Crippen LogP contribution in [-0.4, -0.2) is 41.8 Å². The number of hydrogen-bond acceptors (Lipinski definition) is 7. The summed E-state index contributed by atoms with van der Waals surface area (Å²) in [5.74, 6) is -0.656. The number of hydrogen-bond donors (Lipinski definition) is 1. The van der Waals surface area contributed by atoms with Crippen LogP contribution in [0.4, 0.5) is 15.8 Å². The van der Waals surface area contributed by atoms with Gasteiger partial charge in [0.05, 0.1) is 18.9 Å². The summed E-state index contributed by atoms with van der Waals surface area (Å²) in [6.07, 6.45) is 3.21. The molecule has 2 aliphatic rings. The highest BCUT2D eigenvalue weighted by atomic mass is 19.1. The van der Waals surface area contributed by atoms with Crippen LogP contribution in [0.2, 0.25) is 0 Å². The maximum atomic E-state index is 13.0. The van der Waals surface area contributed by atoms with Crippen LogP contribution in [0.3, 0.4) is 0 Å². The number of esters is 1. The number of nitrogens with zero attached hydrogens (tertiary/aromatic N) is 3. The van der Waals surface area contributed by atoms with Gasteiger partial charge >= 0.3 is 17.8 Å². The summed E-state index contributed by atoms with van der Waals surface area (Å²) in [6, 6.07) is 13.6. The van der Waals surface area contributed by atoms with Crippen LogP contribution >= 0.6 is 0 Å². The van der Waals surface area contributed by atoms with Crippen molar-refractivity contribution in [1.29, 1.82) is 0 Å². The SMILES string of the molecule is CCOC(=O)C1CC12CCN(c1ccc(NC(=O)c3nnc(Cc4ccc(F)cc4)o3)cc1)CC2. The number of nitrogens with one attached hydrogen (secondary N) is 1. The van der Waals surface area contributed by atoms with E-state index in [9.17, 15) is 14.0 Å². The molecule has 1 unspecified atom stereocenters. The maximum absolute atomic E-state index is 13.0. The average Bonchev–Trinajstić information content (AvgIpc) is 3.35. The molecule has 1 spiro atoms.